The van der Waals surface area contributed by atoms with Gasteiger partial charge in [-0.1, -0.05) is 6.07 Å². The van der Waals surface area contributed by atoms with E-state index >= 15 is 0 Å². The number of ether oxygens (including phenoxy) is 4. The Kier molecular flexibility index (Phi) is 8.34. The minimum atomic E-state index is -0.466. The number of esters is 1. The molecule has 162 valence electrons. The zero-order chi connectivity index (χ0) is 22.1. The first kappa shape index (κ1) is 22.9. The standard InChI is InChI=1S/C22H28N2O6/c1-14(2)30-18-9-7-16(22(26)29-5)11-17(18)23-13-21(25)24-12-15-6-8-19(27-3)20(10-15)28-4/h6-11,14,23H,12-13H2,1-5H3,(H,24,25). The summed E-state index contributed by atoms with van der Waals surface area (Å²) in [6.45, 7) is 4.13. The molecule has 0 bridgehead atoms. The van der Waals surface area contributed by atoms with Crippen molar-refractivity contribution in [1.82, 2.24) is 5.32 Å². The first-order chi connectivity index (χ1) is 14.4. The second-order valence-corrected chi connectivity index (χ2v) is 6.69. The van der Waals surface area contributed by atoms with Crippen LogP contribution in [0.25, 0.3) is 0 Å². The Balaban J connectivity index is 2.01. The fraction of sp³-hybridized carbons (Fsp3) is 0.364. The second kappa shape index (κ2) is 10.9. The summed E-state index contributed by atoms with van der Waals surface area (Å²) in [5, 5.41) is 5.86. The van der Waals surface area contributed by atoms with Gasteiger partial charge in [-0.25, -0.2) is 4.79 Å². The number of rotatable bonds is 10. The molecule has 0 saturated heterocycles. The highest BCUT2D eigenvalue weighted by Crippen LogP contribution is 2.28. The Hall–Kier alpha value is -3.42. The SMILES string of the molecule is COC(=O)c1ccc(OC(C)C)c(NCC(=O)NCc2ccc(OC)c(OC)c2)c1. The lowest BCUT2D eigenvalue weighted by Gasteiger charge is -2.16. The van der Waals surface area contributed by atoms with Gasteiger partial charge in [-0.05, 0) is 49.7 Å². The van der Waals surface area contributed by atoms with E-state index in [-0.39, 0.29) is 18.6 Å². The molecule has 0 saturated carbocycles. The molecule has 0 fully saturated rings. The Bertz CT molecular complexity index is 882. The summed E-state index contributed by atoms with van der Waals surface area (Å²) < 4.78 is 21.0. The molecule has 2 rings (SSSR count). The largest absolute Gasteiger partial charge is 0.493 e. The molecule has 8 heteroatoms. The number of benzene rings is 2. The van der Waals surface area contributed by atoms with Crippen molar-refractivity contribution in [2.24, 2.45) is 0 Å². The molecule has 0 radical (unpaired) electrons. The molecule has 0 aromatic heterocycles. The van der Waals surface area contributed by atoms with Crippen molar-refractivity contribution in [1.29, 1.82) is 0 Å². The molecule has 0 aliphatic carbocycles. The molecule has 30 heavy (non-hydrogen) atoms. The number of carbonyl (C=O) groups is 2. The monoisotopic (exact) mass is 416 g/mol. The number of carbonyl (C=O) groups excluding carboxylic acids is 2. The Labute approximate surface area is 176 Å². The highest BCUT2D eigenvalue weighted by atomic mass is 16.5. The van der Waals surface area contributed by atoms with Crippen molar-refractivity contribution in [2.75, 3.05) is 33.2 Å². The summed E-state index contributed by atoms with van der Waals surface area (Å²) in [5.74, 6) is 1.08. The van der Waals surface area contributed by atoms with Crippen LogP contribution < -0.4 is 24.8 Å². The summed E-state index contributed by atoms with van der Waals surface area (Å²) in [4.78, 5) is 24.1. The zero-order valence-electron chi connectivity index (χ0n) is 17.9. The highest BCUT2D eigenvalue weighted by Gasteiger charge is 2.13. The number of hydrogen-bond donors (Lipinski definition) is 2. The maximum Gasteiger partial charge on any atom is 0.337 e. The third-order valence-electron chi connectivity index (χ3n) is 4.14. The molecule has 8 nitrogen and oxygen atoms in total. The predicted octanol–water partition coefficient (Wildman–Crippen LogP) is 3.01. The average Bonchev–Trinajstić information content (AvgIpc) is 2.75. The van der Waals surface area contributed by atoms with Crippen molar-refractivity contribution >= 4 is 17.6 Å². The smallest absolute Gasteiger partial charge is 0.337 e. The third-order valence-corrected chi connectivity index (χ3v) is 4.14. The molecule has 2 aromatic rings. The topological polar surface area (TPSA) is 95.1 Å². The Morgan fingerprint density at radius 1 is 0.933 bits per heavy atom. The van der Waals surface area contributed by atoms with Crippen molar-refractivity contribution < 1.29 is 28.5 Å². The molecule has 0 spiro atoms. The molecule has 2 aromatic carbocycles. The summed E-state index contributed by atoms with van der Waals surface area (Å²) in [6.07, 6.45) is -0.0617. The molecular weight excluding hydrogens is 388 g/mol. The van der Waals surface area contributed by atoms with Gasteiger partial charge in [-0.15, -0.1) is 0 Å². The van der Waals surface area contributed by atoms with Gasteiger partial charge in [0.25, 0.3) is 0 Å². The summed E-state index contributed by atoms with van der Waals surface area (Å²) >= 11 is 0. The minimum absolute atomic E-state index is 0.00632. The lowest BCUT2D eigenvalue weighted by molar-refractivity contribution is -0.119. The summed E-state index contributed by atoms with van der Waals surface area (Å²) in [5.41, 5.74) is 1.77. The molecule has 0 unspecified atom stereocenters. The zero-order valence-corrected chi connectivity index (χ0v) is 17.9. The minimum Gasteiger partial charge on any atom is -0.493 e. The number of methoxy groups -OCH3 is 3. The quantitative estimate of drug-likeness (QED) is 0.575. The van der Waals surface area contributed by atoms with Crippen LogP contribution >= 0.6 is 0 Å². The van der Waals surface area contributed by atoms with Crippen LogP contribution in [0.15, 0.2) is 36.4 Å². The predicted molar refractivity (Wildman–Crippen MR) is 113 cm³/mol. The molecule has 2 N–H and O–H groups in total. The summed E-state index contributed by atoms with van der Waals surface area (Å²) in [7, 11) is 4.44. The fourth-order valence-electron chi connectivity index (χ4n) is 2.70. The van der Waals surface area contributed by atoms with Crippen molar-refractivity contribution in [2.45, 2.75) is 26.5 Å². The van der Waals surface area contributed by atoms with E-state index in [1.807, 2.05) is 19.9 Å². The van der Waals surface area contributed by atoms with Gasteiger partial charge in [-0.3, -0.25) is 4.79 Å². The highest BCUT2D eigenvalue weighted by molar-refractivity contribution is 5.91. The van der Waals surface area contributed by atoms with E-state index in [9.17, 15) is 9.59 Å². The average molecular weight is 416 g/mol. The van der Waals surface area contributed by atoms with Crippen LogP contribution in [0, 0.1) is 0 Å². The molecule has 0 aliphatic heterocycles. The number of anilines is 1. The van der Waals surface area contributed by atoms with Gasteiger partial charge in [0.1, 0.15) is 5.75 Å². The van der Waals surface area contributed by atoms with Crippen molar-refractivity contribution in [3.63, 3.8) is 0 Å². The van der Waals surface area contributed by atoms with E-state index in [2.05, 4.69) is 10.6 Å². The first-order valence-corrected chi connectivity index (χ1v) is 9.48. The first-order valence-electron chi connectivity index (χ1n) is 9.48. The fourth-order valence-corrected chi connectivity index (χ4v) is 2.70. The van der Waals surface area contributed by atoms with E-state index in [1.54, 1.807) is 44.6 Å². The van der Waals surface area contributed by atoms with Crippen LogP contribution in [-0.2, 0) is 16.1 Å². The van der Waals surface area contributed by atoms with E-state index in [1.165, 1.54) is 7.11 Å². The van der Waals surface area contributed by atoms with Crippen molar-refractivity contribution in [3.05, 3.63) is 47.5 Å². The van der Waals surface area contributed by atoms with Crippen LogP contribution in [0.1, 0.15) is 29.8 Å². The van der Waals surface area contributed by atoms with Crippen LogP contribution in [0.3, 0.4) is 0 Å². The van der Waals surface area contributed by atoms with Crippen molar-refractivity contribution in [3.8, 4) is 17.2 Å². The molecule has 0 aliphatic rings. The second-order valence-electron chi connectivity index (χ2n) is 6.69. The van der Waals surface area contributed by atoms with Gasteiger partial charge in [0.05, 0.1) is 45.2 Å². The van der Waals surface area contributed by atoms with Gasteiger partial charge in [0.15, 0.2) is 11.5 Å². The number of nitrogens with one attached hydrogen (secondary N) is 2. The lowest BCUT2D eigenvalue weighted by Crippen LogP contribution is -2.29. The molecule has 0 atom stereocenters. The number of hydrogen-bond acceptors (Lipinski definition) is 7. The maximum absolute atomic E-state index is 12.3. The normalized spacial score (nSPS) is 10.3. The van der Waals surface area contributed by atoms with Crippen LogP contribution in [0.5, 0.6) is 17.2 Å². The summed E-state index contributed by atoms with van der Waals surface area (Å²) in [6, 6.07) is 10.3. The van der Waals surface area contributed by atoms with Crippen LogP contribution in [0.4, 0.5) is 5.69 Å². The van der Waals surface area contributed by atoms with Crippen LogP contribution in [-0.4, -0.2) is 45.9 Å². The van der Waals surface area contributed by atoms with Gasteiger partial charge in [0.2, 0.25) is 5.91 Å². The lowest BCUT2D eigenvalue weighted by atomic mass is 10.2. The van der Waals surface area contributed by atoms with E-state index in [0.717, 1.165) is 5.56 Å². The Morgan fingerprint density at radius 3 is 2.27 bits per heavy atom. The van der Waals surface area contributed by atoms with Gasteiger partial charge < -0.3 is 29.6 Å². The maximum atomic E-state index is 12.3. The third kappa shape index (κ3) is 6.30. The number of amides is 1. The van der Waals surface area contributed by atoms with E-state index < -0.39 is 5.97 Å². The molecule has 1 amide bonds. The van der Waals surface area contributed by atoms with Gasteiger partial charge in [0, 0.05) is 6.54 Å². The van der Waals surface area contributed by atoms with Gasteiger partial charge >= 0.3 is 5.97 Å². The van der Waals surface area contributed by atoms with Crippen LogP contribution in [0.2, 0.25) is 0 Å². The van der Waals surface area contributed by atoms with E-state index in [0.29, 0.717) is 35.0 Å². The van der Waals surface area contributed by atoms with Gasteiger partial charge in [-0.2, -0.15) is 0 Å². The molecule has 0 heterocycles. The molecular formula is C22H28N2O6. The Morgan fingerprint density at radius 2 is 1.63 bits per heavy atom. The van der Waals surface area contributed by atoms with E-state index in [4.69, 9.17) is 18.9 Å².